The monoisotopic (exact) mass is 345 g/mol. The first-order valence-electron chi connectivity index (χ1n) is 6.27. The minimum absolute atomic E-state index is 0.340. The number of hydrogen-bond donors (Lipinski definition) is 2. The molecule has 0 aliphatic heterocycles. The standard InChI is InChI=1S/C13H13F6NO3/c14-12(15,16)10(13(17,18)19)9(6-21)20-11(22)23-7-8-4-2-1-3-5-8/h1-5,9-10,21H,6-7H2,(H,20,22)/t9-/m1/s1. The van der Waals surface area contributed by atoms with Crippen LogP contribution in [0.4, 0.5) is 31.1 Å². The van der Waals surface area contributed by atoms with Crippen LogP contribution >= 0.6 is 0 Å². The van der Waals surface area contributed by atoms with E-state index in [1.54, 1.807) is 30.3 Å². The van der Waals surface area contributed by atoms with Crippen molar-refractivity contribution >= 4 is 6.09 Å². The fraction of sp³-hybridized carbons (Fsp3) is 0.462. The highest BCUT2D eigenvalue weighted by atomic mass is 19.4. The number of amides is 1. The lowest BCUT2D eigenvalue weighted by Crippen LogP contribution is -2.54. The van der Waals surface area contributed by atoms with Crippen molar-refractivity contribution in [1.82, 2.24) is 5.32 Å². The van der Waals surface area contributed by atoms with Crippen LogP contribution in [0.25, 0.3) is 0 Å². The van der Waals surface area contributed by atoms with Crippen LogP contribution in [0.2, 0.25) is 0 Å². The molecule has 0 saturated carbocycles. The Hall–Kier alpha value is -1.97. The first-order chi connectivity index (χ1) is 10.6. The van der Waals surface area contributed by atoms with Crippen molar-refractivity contribution in [2.24, 2.45) is 5.92 Å². The molecule has 1 atom stereocenters. The Balaban J connectivity index is 2.72. The van der Waals surface area contributed by atoms with Gasteiger partial charge in [0.25, 0.3) is 0 Å². The number of benzene rings is 1. The number of halogens is 6. The highest BCUT2D eigenvalue weighted by Gasteiger charge is 2.60. The molecule has 2 N–H and O–H groups in total. The van der Waals surface area contributed by atoms with Gasteiger partial charge in [-0.25, -0.2) is 4.79 Å². The summed E-state index contributed by atoms with van der Waals surface area (Å²) in [4.78, 5) is 11.4. The summed E-state index contributed by atoms with van der Waals surface area (Å²) in [5, 5.41) is 10.2. The highest BCUT2D eigenvalue weighted by molar-refractivity contribution is 5.67. The van der Waals surface area contributed by atoms with E-state index in [1.165, 1.54) is 5.32 Å². The van der Waals surface area contributed by atoms with E-state index in [9.17, 15) is 31.1 Å². The number of nitrogens with one attached hydrogen (secondary N) is 1. The van der Waals surface area contributed by atoms with Crippen LogP contribution in [0, 0.1) is 5.92 Å². The third-order valence-electron chi connectivity index (χ3n) is 2.82. The molecule has 1 aromatic rings. The van der Waals surface area contributed by atoms with Gasteiger partial charge in [-0.15, -0.1) is 0 Å². The average molecular weight is 345 g/mol. The summed E-state index contributed by atoms with van der Waals surface area (Å²) < 4.78 is 79.7. The smallest absolute Gasteiger partial charge is 0.407 e. The number of carbonyl (C=O) groups excluding carboxylic acids is 1. The van der Waals surface area contributed by atoms with Gasteiger partial charge in [-0.05, 0) is 5.56 Å². The van der Waals surface area contributed by atoms with Gasteiger partial charge in [0.1, 0.15) is 6.61 Å². The number of alkyl carbamates (subject to hydrolysis) is 1. The van der Waals surface area contributed by atoms with Crippen LogP contribution in [0.15, 0.2) is 30.3 Å². The van der Waals surface area contributed by atoms with E-state index in [4.69, 9.17) is 5.11 Å². The summed E-state index contributed by atoms with van der Waals surface area (Å²) in [5.74, 6) is -3.90. The van der Waals surface area contributed by atoms with Crippen LogP contribution < -0.4 is 5.32 Å². The summed E-state index contributed by atoms with van der Waals surface area (Å²) in [5.41, 5.74) is 0.492. The molecule has 1 aromatic carbocycles. The first kappa shape index (κ1) is 19.1. The Bertz CT molecular complexity index is 489. The van der Waals surface area contributed by atoms with Crippen LogP contribution in [-0.2, 0) is 11.3 Å². The zero-order valence-electron chi connectivity index (χ0n) is 11.5. The summed E-state index contributed by atoms with van der Waals surface area (Å²) >= 11 is 0. The van der Waals surface area contributed by atoms with Crippen molar-refractivity contribution in [3.63, 3.8) is 0 Å². The summed E-state index contributed by atoms with van der Waals surface area (Å²) in [6.07, 6.45) is -12.9. The third kappa shape index (κ3) is 5.97. The van der Waals surface area contributed by atoms with E-state index in [0.717, 1.165) is 0 Å². The van der Waals surface area contributed by atoms with Crippen molar-refractivity contribution in [2.45, 2.75) is 25.0 Å². The largest absolute Gasteiger partial charge is 0.445 e. The number of alkyl halides is 6. The van der Waals surface area contributed by atoms with Crippen molar-refractivity contribution in [3.05, 3.63) is 35.9 Å². The van der Waals surface area contributed by atoms with Crippen molar-refractivity contribution in [1.29, 1.82) is 0 Å². The van der Waals surface area contributed by atoms with Gasteiger partial charge in [0, 0.05) is 0 Å². The minimum Gasteiger partial charge on any atom is -0.445 e. The number of ether oxygens (including phenoxy) is 1. The fourth-order valence-electron chi connectivity index (χ4n) is 1.79. The van der Waals surface area contributed by atoms with Gasteiger partial charge < -0.3 is 15.2 Å². The maximum Gasteiger partial charge on any atom is 0.407 e. The van der Waals surface area contributed by atoms with Gasteiger partial charge in [0.15, 0.2) is 5.92 Å². The number of aliphatic hydroxyl groups is 1. The zero-order chi connectivity index (χ0) is 17.7. The molecule has 0 heterocycles. The van der Waals surface area contributed by atoms with Crippen molar-refractivity contribution in [3.8, 4) is 0 Å². The molecule has 0 bridgehead atoms. The third-order valence-corrected chi connectivity index (χ3v) is 2.82. The second-order valence-electron chi connectivity index (χ2n) is 4.56. The van der Waals surface area contributed by atoms with Crippen LogP contribution in [0.3, 0.4) is 0 Å². The molecule has 0 spiro atoms. The van der Waals surface area contributed by atoms with Crippen LogP contribution in [0.1, 0.15) is 5.56 Å². The molecule has 0 aliphatic rings. The molecule has 0 aliphatic carbocycles. The molecule has 1 amide bonds. The van der Waals surface area contributed by atoms with E-state index in [0.29, 0.717) is 5.56 Å². The van der Waals surface area contributed by atoms with Gasteiger partial charge in [-0.1, -0.05) is 30.3 Å². The minimum atomic E-state index is -5.68. The lowest BCUT2D eigenvalue weighted by atomic mass is 9.99. The quantitative estimate of drug-likeness (QED) is 0.807. The summed E-state index contributed by atoms with van der Waals surface area (Å²) in [6.45, 7) is -1.89. The van der Waals surface area contributed by atoms with Gasteiger partial charge in [-0.3, -0.25) is 0 Å². The highest BCUT2D eigenvalue weighted by Crippen LogP contribution is 2.41. The van der Waals surface area contributed by atoms with E-state index in [1.807, 2.05) is 0 Å². The first-order valence-corrected chi connectivity index (χ1v) is 6.27. The van der Waals surface area contributed by atoms with E-state index in [-0.39, 0.29) is 6.61 Å². The van der Waals surface area contributed by atoms with Gasteiger partial charge in [0.05, 0.1) is 12.6 Å². The number of rotatable bonds is 5. The predicted molar refractivity (Wildman–Crippen MR) is 66.2 cm³/mol. The Morgan fingerprint density at radius 1 is 1.09 bits per heavy atom. The molecular formula is C13H13F6NO3. The molecule has 0 unspecified atom stereocenters. The topological polar surface area (TPSA) is 58.6 Å². The van der Waals surface area contributed by atoms with Crippen molar-refractivity contribution < 1.29 is 41.0 Å². The molecule has 0 fully saturated rings. The van der Waals surface area contributed by atoms with Crippen LogP contribution in [-0.4, -0.2) is 36.2 Å². The molecule has 10 heteroatoms. The Kier molecular flexibility index (Phi) is 6.25. The molecule has 0 aromatic heterocycles. The zero-order valence-corrected chi connectivity index (χ0v) is 11.5. The Morgan fingerprint density at radius 3 is 2.04 bits per heavy atom. The molecule has 23 heavy (non-hydrogen) atoms. The second-order valence-corrected chi connectivity index (χ2v) is 4.56. The van der Waals surface area contributed by atoms with E-state index < -0.39 is 37.0 Å². The summed E-state index contributed by atoms with van der Waals surface area (Å²) in [7, 11) is 0. The molecule has 0 radical (unpaired) electrons. The number of carbonyl (C=O) groups is 1. The fourth-order valence-corrected chi connectivity index (χ4v) is 1.79. The Morgan fingerprint density at radius 2 is 1.61 bits per heavy atom. The second kappa shape index (κ2) is 7.53. The molecule has 0 saturated heterocycles. The lowest BCUT2D eigenvalue weighted by molar-refractivity contribution is -0.292. The molecule has 4 nitrogen and oxygen atoms in total. The maximum absolute atomic E-state index is 12.5. The molecule has 130 valence electrons. The Labute approximate surface area is 127 Å². The summed E-state index contributed by atoms with van der Waals surface area (Å²) in [6, 6.07) is 5.38. The SMILES string of the molecule is O=C(N[C@H](CO)C(C(F)(F)F)C(F)(F)F)OCc1ccccc1. The van der Waals surface area contributed by atoms with Crippen LogP contribution in [0.5, 0.6) is 0 Å². The maximum atomic E-state index is 12.5. The normalized spacial score (nSPS) is 13.7. The predicted octanol–water partition coefficient (Wildman–Crippen LogP) is 3.01. The lowest BCUT2D eigenvalue weighted by Gasteiger charge is -2.29. The van der Waals surface area contributed by atoms with Gasteiger partial charge in [0.2, 0.25) is 0 Å². The molecular weight excluding hydrogens is 332 g/mol. The van der Waals surface area contributed by atoms with Gasteiger partial charge >= 0.3 is 18.4 Å². The number of hydrogen-bond acceptors (Lipinski definition) is 3. The number of aliphatic hydroxyl groups excluding tert-OH is 1. The van der Waals surface area contributed by atoms with Gasteiger partial charge in [-0.2, -0.15) is 26.3 Å². The van der Waals surface area contributed by atoms with Crippen molar-refractivity contribution in [2.75, 3.05) is 6.61 Å². The van der Waals surface area contributed by atoms with E-state index in [2.05, 4.69) is 4.74 Å². The average Bonchev–Trinajstić information content (AvgIpc) is 2.42. The molecule has 1 rings (SSSR count). The van der Waals surface area contributed by atoms with E-state index >= 15 is 0 Å².